The summed E-state index contributed by atoms with van der Waals surface area (Å²) in [6.07, 6.45) is 1.43. The molecule has 0 bridgehead atoms. The van der Waals surface area contributed by atoms with E-state index in [-0.39, 0.29) is 17.2 Å². The van der Waals surface area contributed by atoms with Crippen LogP contribution in [0.15, 0.2) is 112 Å². The molecule has 1 amide bonds. The number of nitro benzene ring substituents is 1. The molecule has 0 aromatic heterocycles. The van der Waals surface area contributed by atoms with Gasteiger partial charge < -0.3 is 4.74 Å². The predicted octanol–water partition coefficient (Wildman–Crippen LogP) is 5.59. The first-order valence-corrected chi connectivity index (χ1v) is 14.5. The lowest BCUT2D eigenvalue weighted by Crippen LogP contribution is -2.39. The molecule has 0 atom stereocenters. The SMILES string of the molecule is Cc1ccc(S(=O)(=O)N(CC(=O)N/N=C\c2ccc(OCc3ccc([N+](=O)[O-])cc3)cc2)c2ccc(Br)cc2)cc1. The molecule has 0 fully saturated rings. The first-order chi connectivity index (χ1) is 19.6. The number of nitrogens with one attached hydrogen (secondary N) is 1. The molecule has 0 radical (unpaired) electrons. The highest BCUT2D eigenvalue weighted by molar-refractivity contribution is 9.10. The second-order valence-corrected chi connectivity index (χ2v) is 11.7. The second-order valence-electron chi connectivity index (χ2n) is 8.88. The summed E-state index contributed by atoms with van der Waals surface area (Å²) in [4.78, 5) is 23.1. The second kappa shape index (κ2) is 13.2. The van der Waals surface area contributed by atoms with E-state index in [9.17, 15) is 23.3 Å². The molecular formula is C29H25BrN4O6S. The Morgan fingerprint density at radius 1 is 0.976 bits per heavy atom. The van der Waals surface area contributed by atoms with Gasteiger partial charge in [-0.25, -0.2) is 13.8 Å². The van der Waals surface area contributed by atoms with Crippen molar-refractivity contribution in [3.8, 4) is 5.75 Å². The third-order valence-corrected chi connectivity index (χ3v) is 8.16. The summed E-state index contributed by atoms with van der Waals surface area (Å²) in [6, 6.07) is 26.0. The zero-order chi connectivity index (χ0) is 29.4. The quantitative estimate of drug-likeness (QED) is 0.130. The van der Waals surface area contributed by atoms with Crippen molar-refractivity contribution in [3.05, 3.63) is 128 Å². The molecule has 0 aliphatic carbocycles. The molecule has 0 saturated heterocycles. The molecule has 210 valence electrons. The zero-order valence-electron chi connectivity index (χ0n) is 21.8. The number of halogens is 1. The van der Waals surface area contributed by atoms with Crippen molar-refractivity contribution in [3.63, 3.8) is 0 Å². The molecule has 4 aromatic carbocycles. The third kappa shape index (κ3) is 7.99. The highest BCUT2D eigenvalue weighted by Gasteiger charge is 2.27. The van der Waals surface area contributed by atoms with E-state index in [0.717, 1.165) is 19.9 Å². The molecule has 0 unspecified atom stereocenters. The number of hydrogen-bond acceptors (Lipinski definition) is 7. The number of sulfonamides is 1. The lowest BCUT2D eigenvalue weighted by atomic mass is 10.2. The number of nitro groups is 1. The van der Waals surface area contributed by atoms with Gasteiger partial charge in [0.15, 0.2) is 0 Å². The Labute approximate surface area is 245 Å². The Hall–Kier alpha value is -4.55. The van der Waals surface area contributed by atoms with E-state index in [4.69, 9.17) is 4.74 Å². The van der Waals surface area contributed by atoms with Crippen molar-refractivity contribution in [2.45, 2.75) is 18.4 Å². The fourth-order valence-corrected chi connectivity index (χ4v) is 5.32. The number of ether oxygens (including phenoxy) is 1. The molecule has 0 heterocycles. The molecule has 4 rings (SSSR count). The van der Waals surface area contributed by atoms with E-state index in [1.807, 2.05) is 6.92 Å². The van der Waals surface area contributed by atoms with Gasteiger partial charge in [0.25, 0.3) is 21.6 Å². The van der Waals surface area contributed by atoms with Crippen LogP contribution >= 0.6 is 15.9 Å². The number of carbonyl (C=O) groups is 1. The highest BCUT2D eigenvalue weighted by Crippen LogP contribution is 2.25. The van der Waals surface area contributed by atoms with Crippen LogP contribution in [-0.4, -0.2) is 32.0 Å². The maximum absolute atomic E-state index is 13.4. The molecule has 1 N–H and O–H groups in total. The number of hydrazone groups is 1. The number of aryl methyl sites for hydroxylation is 1. The van der Waals surface area contributed by atoms with Crippen molar-refractivity contribution in [1.82, 2.24) is 5.43 Å². The summed E-state index contributed by atoms with van der Waals surface area (Å²) in [7, 11) is -4.03. The lowest BCUT2D eigenvalue weighted by molar-refractivity contribution is -0.384. The standard InChI is InChI=1S/C29H25BrN4O6S/c1-21-2-16-28(17-3-21)41(38,39)33(25-12-8-24(30)9-13-25)19-29(35)32-31-18-22-6-14-27(15-7-22)40-20-23-4-10-26(11-5-23)34(36)37/h2-18H,19-20H2,1H3,(H,32,35)/b31-18-. The highest BCUT2D eigenvalue weighted by atomic mass is 79.9. The van der Waals surface area contributed by atoms with Gasteiger partial charge in [-0.15, -0.1) is 0 Å². The zero-order valence-corrected chi connectivity index (χ0v) is 24.2. The van der Waals surface area contributed by atoms with Gasteiger partial charge in [-0.1, -0.05) is 33.6 Å². The van der Waals surface area contributed by atoms with E-state index < -0.39 is 27.4 Å². The minimum absolute atomic E-state index is 0.0124. The molecule has 4 aromatic rings. The van der Waals surface area contributed by atoms with Crippen molar-refractivity contribution in [2.75, 3.05) is 10.8 Å². The topological polar surface area (TPSA) is 131 Å². The van der Waals surface area contributed by atoms with Crippen LogP contribution in [0, 0.1) is 17.0 Å². The van der Waals surface area contributed by atoms with Crippen LogP contribution in [0.5, 0.6) is 5.75 Å². The molecule has 12 heteroatoms. The number of rotatable bonds is 11. The van der Waals surface area contributed by atoms with Gasteiger partial charge in [-0.3, -0.25) is 19.2 Å². The predicted molar refractivity (Wildman–Crippen MR) is 159 cm³/mol. The molecule has 0 spiro atoms. The summed E-state index contributed by atoms with van der Waals surface area (Å²) in [5.41, 5.74) is 5.09. The van der Waals surface area contributed by atoms with Crippen LogP contribution in [0.1, 0.15) is 16.7 Å². The molecule has 0 aliphatic rings. The smallest absolute Gasteiger partial charge is 0.269 e. The summed E-state index contributed by atoms with van der Waals surface area (Å²) in [5, 5.41) is 14.7. The molecule has 0 aliphatic heterocycles. The van der Waals surface area contributed by atoms with E-state index in [1.165, 1.54) is 30.5 Å². The normalized spacial score (nSPS) is 11.3. The Kier molecular flexibility index (Phi) is 9.48. The number of nitrogens with zero attached hydrogens (tertiary/aromatic N) is 3. The van der Waals surface area contributed by atoms with Crippen LogP contribution in [0.25, 0.3) is 0 Å². The van der Waals surface area contributed by atoms with Gasteiger partial charge in [-0.2, -0.15) is 5.10 Å². The fraction of sp³-hybridized carbons (Fsp3) is 0.103. The van der Waals surface area contributed by atoms with E-state index in [2.05, 4.69) is 26.5 Å². The first-order valence-electron chi connectivity index (χ1n) is 12.2. The summed E-state index contributed by atoms with van der Waals surface area (Å²) < 4.78 is 34.4. The van der Waals surface area contributed by atoms with Crippen LogP contribution in [-0.2, 0) is 21.4 Å². The number of benzene rings is 4. The van der Waals surface area contributed by atoms with E-state index in [1.54, 1.807) is 72.8 Å². The van der Waals surface area contributed by atoms with E-state index >= 15 is 0 Å². The summed E-state index contributed by atoms with van der Waals surface area (Å²) in [6.45, 7) is 1.61. The Balaban J connectivity index is 1.37. The number of anilines is 1. The number of amides is 1. The fourth-order valence-electron chi connectivity index (χ4n) is 3.64. The molecule has 10 nitrogen and oxygen atoms in total. The van der Waals surface area contributed by atoms with Gasteiger partial charge in [-0.05, 0) is 90.8 Å². The van der Waals surface area contributed by atoms with Gasteiger partial charge in [0.1, 0.15) is 18.9 Å². The van der Waals surface area contributed by atoms with Crippen molar-refractivity contribution in [1.29, 1.82) is 0 Å². The Morgan fingerprint density at radius 3 is 2.22 bits per heavy atom. The van der Waals surface area contributed by atoms with Gasteiger partial charge in [0.2, 0.25) is 0 Å². The Morgan fingerprint density at radius 2 is 1.61 bits per heavy atom. The van der Waals surface area contributed by atoms with Crippen molar-refractivity contribution < 1.29 is 22.9 Å². The first kappa shape index (κ1) is 29.4. The lowest BCUT2D eigenvalue weighted by Gasteiger charge is -2.23. The maximum atomic E-state index is 13.4. The Bertz CT molecular complexity index is 1640. The van der Waals surface area contributed by atoms with E-state index in [0.29, 0.717) is 17.0 Å². The van der Waals surface area contributed by atoms with Gasteiger partial charge >= 0.3 is 0 Å². The van der Waals surface area contributed by atoms with Crippen molar-refractivity contribution >= 4 is 49.4 Å². The average Bonchev–Trinajstić information content (AvgIpc) is 2.96. The van der Waals surface area contributed by atoms with Crippen LogP contribution in [0.4, 0.5) is 11.4 Å². The number of hydrogen-bond donors (Lipinski definition) is 1. The van der Waals surface area contributed by atoms with Crippen LogP contribution in [0.3, 0.4) is 0 Å². The summed E-state index contributed by atoms with van der Waals surface area (Å²) >= 11 is 3.34. The molecule has 0 saturated carbocycles. The maximum Gasteiger partial charge on any atom is 0.269 e. The molecule has 41 heavy (non-hydrogen) atoms. The number of carbonyl (C=O) groups excluding carboxylic acids is 1. The monoisotopic (exact) mass is 636 g/mol. The van der Waals surface area contributed by atoms with Gasteiger partial charge in [0, 0.05) is 16.6 Å². The largest absolute Gasteiger partial charge is 0.489 e. The average molecular weight is 638 g/mol. The van der Waals surface area contributed by atoms with Crippen LogP contribution < -0.4 is 14.5 Å². The molecular weight excluding hydrogens is 612 g/mol. The number of non-ortho nitro benzene ring substituents is 1. The summed E-state index contributed by atoms with van der Waals surface area (Å²) in [5.74, 6) is -0.0427. The van der Waals surface area contributed by atoms with Crippen LogP contribution in [0.2, 0.25) is 0 Å². The third-order valence-electron chi connectivity index (χ3n) is 5.85. The van der Waals surface area contributed by atoms with Gasteiger partial charge in [0.05, 0.1) is 21.7 Å². The minimum atomic E-state index is -4.03. The van der Waals surface area contributed by atoms with Crippen molar-refractivity contribution in [2.24, 2.45) is 5.10 Å². The minimum Gasteiger partial charge on any atom is -0.489 e.